The van der Waals surface area contributed by atoms with Crippen LogP contribution in [-0.2, 0) is 10.0 Å². The Morgan fingerprint density at radius 2 is 2.00 bits per heavy atom. The molecule has 2 atom stereocenters. The van der Waals surface area contributed by atoms with E-state index in [9.17, 15) is 13.2 Å². The Balaban J connectivity index is 2.38. The van der Waals surface area contributed by atoms with Gasteiger partial charge in [0.25, 0.3) is 10.0 Å². The summed E-state index contributed by atoms with van der Waals surface area (Å²) in [6.45, 7) is 4.76. The van der Waals surface area contributed by atoms with Crippen molar-refractivity contribution in [3.8, 4) is 0 Å². The van der Waals surface area contributed by atoms with Gasteiger partial charge in [-0.2, -0.15) is 9.40 Å². The molecule has 1 saturated heterocycles. The van der Waals surface area contributed by atoms with E-state index < -0.39 is 16.0 Å². The van der Waals surface area contributed by atoms with E-state index in [1.165, 1.54) is 4.31 Å². The third kappa shape index (κ3) is 2.01. The number of carbonyl (C=O) groups is 1. The van der Waals surface area contributed by atoms with Crippen LogP contribution in [0.1, 0.15) is 24.2 Å². The molecule has 7 nitrogen and oxygen atoms in total. The summed E-state index contributed by atoms with van der Waals surface area (Å²) in [6.07, 6.45) is 1.01. The Morgan fingerprint density at radius 1 is 1.44 bits per heavy atom. The second-order valence-electron chi connectivity index (χ2n) is 4.69. The van der Waals surface area contributed by atoms with Crippen LogP contribution in [0, 0.1) is 11.8 Å². The zero-order chi connectivity index (χ0) is 13.5. The highest BCUT2D eigenvalue weighted by Crippen LogP contribution is 2.28. The van der Waals surface area contributed by atoms with Gasteiger partial charge in [0.15, 0.2) is 5.03 Å². The van der Waals surface area contributed by atoms with Crippen LogP contribution >= 0.6 is 0 Å². The topological polar surface area (TPSA) is 103 Å². The lowest BCUT2D eigenvalue weighted by atomic mass is 10.0. The van der Waals surface area contributed by atoms with E-state index in [1.807, 2.05) is 13.8 Å². The average molecular weight is 273 g/mol. The number of aromatic carboxylic acids is 1. The second kappa shape index (κ2) is 4.36. The summed E-state index contributed by atoms with van der Waals surface area (Å²) >= 11 is 0. The van der Waals surface area contributed by atoms with E-state index in [0.29, 0.717) is 13.1 Å². The van der Waals surface area contributed by atoms with Gasteiger partial charge in [-0.25, -0.2) is 13.2 Å². The number of nitrogens with zero attached hydrogens (tertiary/aromatic N) is 2. The molecule has 2 heterocycles. The maximum absolute atomic E-state index is 12.3. The van der Waals surface area contributed by atoms with Crippen LogP contribution in [0.2, 0.25) is 0 Å². The van der Waals surface area contributed by atoms with Crippen molar-refractivity contribution in [3.05, 3.63) is 11.8 Å². The van der Waals surface area contributed by atoms with Crippen molar-refractivity contribution in [1.82, 2.24) is 14.5 Å². The molecule has 18 heavy (non-hydrogen) atoms. The summed E-state index contributed by atoms with van der Waals surface area (Å²) in [6, 6.07) is 0. The van der Waals surface area contributed by atoms with Crippen molar-refractivity contribution in [2.24, 2.45) is 11.8 Å². The molecule has 0 bridgehead atoms. The first kappa shape index (κ1) is 13.0. The normalized spacial score (nSPS) is 25.4. The highest BCUT2D eigenvalue weighted by atomic mass is 32.2. The van der Waals surface area contributed by atoms with E-state index in [0.717, 1.165) is 6.20 Å². The molecule has 1 aromatic rings. The SMILES string of the molecule is CC1CN(S(=O)(=O)c2[nH]ncc2C(=O)O)CC1C. The van der Waals surface area contributed by atoms with Crippen molar-refractivity contribution >= 4 is 16.0 Å². The van der Waals surface area contributed by atoms with E-state index in [2.05, 4.69) is 10.2 Å². The maximum Gasteiger partial charge on any atom is 0.340 e. The molecular weight excluding hydrogens is 258 g/mol. The van der Waals surface area contributed by atoms with E-state index in [-0.39, 0.29) is 22.4 Å². The second-order valence-corrected chi connectivity index (χ2v) is 6.57. The monoisotopic (exact) mass is 273 g/mol. The molecule has 0 aliphatic carbocycles. The quantitative estimate of drug-likeness (QED) is 0.829. The molecule has 8 heteroatoms. The van der Waals surface area contributed by atoms with E-state index in [4.69, 9.17) is 5.11 Å². The van der Waals surface area contributed by atoms with Crippen molar-refractivity contribution in [3.63, 3.8) is 0 Å². The van der Waals surface area contributed by atoms with Gasteiger partial charge in [0.2, 0.25) is 0 Å². The lowest BCUT2D eigenvalue weighted by molar-refractivity contribution is 0.0692. The summed E-state index contributed by atoms with van der Waals surface area (Å²) in [7, 11) is -3.80. The summed E-state index contributed by atoms with van der Waals surface area (Å²) in [4.78, 5) is 10.9. The van der Waals surface area contributed by atoms with Gasteiger partial charge in [0.1, 0.15) is 5.56 Å². The van der Waals surface area contributed by atoms with Crippen LogP contribution < -0.4 is 0 Å². The fraction of sp³-hybridized carbons (Fsp3) is 0.600. The number of nitrogens with one attached hydrogen (secondary N) is 1. The molecule has 0 aromatic carbocycles. The lowest BCUT2D eigenvalue weighted by Crippen LogP contribution is -2.30. The number of sulfonamides is 1. The van der Waals surface area contributed by atoms with Gasteiger partial charge >= 0.3 is 5.97 Å². The molecular formula is C10H15N3O4S. The van der Waals surface area contributed by atoms with Crippen LogP contribution in [-0.4, -0.2) is 47.1 Å². The number of carboxylic acids is 1. The molecule has 2 rings (SSSR count). The molecule has 100 valence electrons. The third-order valence-corrected chi connectivity index (χ3v) is 5.19. The minimum Gasteiger partial charge on any atom is -0.478 e. The molecule has 1 aliphatic rings. The Morgan fingerprint density at radius 3 is 2.50 bits per heavy atom. The van der Waals surface area contributed by atoms with Gasteiger partial charge in [-0.05, 0) is 11.8 Å². The number of hydrogen-bond donors (Lipinski definition) is 2. The summed E-state index contributed by atoms with van der Waals surface area (Å²) < 4.78 is 25.9. The van der Waals surface area contributed by atoms with Crippen molar-refractivity contribution < 1.29 is 18.3 Å². The van der Waals surface area contributed by atoms with Crippen molar-refractivity contribution in [1.29, 1.82) is 0 Å². The van der Waals surface area contributed by atoms with Crippen LogP contribution in [0.5, 0.6) is 0 Å². The predicted molar refractivity (Wildman–Crippen MR) is 62.6 cm³/mol. The van der Waals surface area contributed by atoms with Gasteiger partial charge in [-0.15, -0.1) is 0 Å². The molecule has 1 aliphatic heterocycles. The molecule has 0 amide bonds. The standard InChI is InChI=1S/C10H15N3O4S/c1-6-4-13(5-7(6)2)18(16,17)9-8(10(14)15)3-11-12-9/h3,6-7H,4-5H2,1-2H3,(H,11,12)(H,14,15). The zero-order valence-electron chi connectivity index (χ0n) is 10.1. The fourth-order valence-electron chi connectivity index (χ4n) is 2.03. The molecule has 0 radical (unpaired) electrons. The van der Waals surface area contributed by atoms with Gasteiger partial charge in [-0.1, -0.05) is 13.8 Å². The molecule has 2 unspecified atom stereocenters. The Bertz CT molecular complexity index is 555. The zero-order valence-corrected chi connectivity index (χ0v) is 10.9. The molecule has 1 aromatic heterocycles. The molecule has 1 fully saturated rings. The molecule has 2 N–H and O–H groups in total. The summed E-state index contributed by atoms with van der Waals surface area (Å²) in [5, 5.41) is 14.4. The third-order valence-electron chi connectivity index (χ3n) is 3.39. The smallest absolute Gasteiger partial charge is 0.340 e. The average Bonchev–Trinajstić information content (AvgIpc) is 2.87. The maximum atomic E-state index is 12.3. The van der Waals surface area contributed by atoms with Crippen LogP contribution in [0.3, 0.4) is 0 Å². The van der Waals surface area contributed by atoms with Gasteiger partial charge in [0.05, 0.1) is 6.20 Å². The van der Waals surface area contributed by atoms with Crippen molar-refractivity contribution in [2.75, 3.05) is 13.1 Å². The molecule has 0 saturated carbocycles. The first-order chi connectivity index (χ1) is 8.34. The largest absolute Gasteiger partial charge is 0.478 e. The van der Waals surface area contributed by atoms with Gasteiger partial charge in [-0.3, -0.25) is 5.10 Å². The summed E-state index contributed by atoms with van der Waals surface area (Å²) in [5.41, 5.74) is -0.317. The number of carboxylic acid groups (broad SMARTS) is 1. The summed E-state index contributed by atoms with van der Waals surface area (Å²) in [5.74, 6) is -0.783. The number of rotatable bonds is 3. The van der Waals surface area contributed by atoms with Gasteiger partial charge < -0.3 is 5.11 Å². The molecule has 0 spiro atoms. The highest BCUT2D eigenvalue weighted by molar-refractivity contribution is 7.89. The lowest BCUT2D eigenvalue weighted by Gasteiger charge is -2.15. The minimum atomic E-state index is -3.80. The van der Waals surface area contributed by atoms with Crippen LogP contribution in [0.25, 0.3) is 0 Å². The number of hydrogen-bond acceptors (Lipinski definition) is 4. The predicted octanol–water partition coefficient (Wildman–Crippen LogP) is 0.384. The number of aromatic amines is 1. The van der Waals surface area contributed by atoms with E-state index in [1.54, 1.807) is 0 Å². The first-order valence-corrected chi connectivity index (χ1v) is 7.05. The van der Waals surface area contributed by atoms with Gasteiger partial charge in [0, 0.05) is 13.1 Å². The highest BCUT2D eigenvalue weighted by Gasteiger charge is 2.37. The minimum absolute atomic E-state index is 0.260. The first-order valence-electron chi connectivity index (χ1n) is 5.61. The Labute approximate surface area is 105 Å². The number of aromatic nitrogens is 2. The Kier molecular flexibility index (Phi) is 3.16. The van der Waals surface area contributed by atoms with Crippen LogP contribution in [0.4, 0.5) is 0 Å². The number of H-pyrrole nitrogens is 1. The van der Waals surface area contributed by atoms with E-state index >= 15 is 0 Å². The van der Waals surface area contributed by atoms with Crippen molar-refractivity contribution in [2.45, 2.75) is 18.9 Å². The van der Waals surface area contributed by atoms with Crippen LogP contribution in [0.15, 0.2) is 11.2 Å². The fourth-order valence-corrected chi connectivity index (χ4v) is 3.73. The Hall–Kier alpha value is -1.41.